The number of anilines is 1. The Labute approximate surface area is 195 Å². The van der Waals surface area contributed by atoms with Crippen LogP contribution in [0.4, 0.5) is 5.95 Å². The number of nitrogens with zero attached hydrogens (tertiary/aromatic N) is 4. The van der Waals surface area contributed by atoms with Crippen molar-refractivity contribution in [1.29, 1.82) is 0 Å². The SMILES string of the molecule is COC(=O)c1ccc(C2Oc3ccccc3C3=C2C(c2ccc(C)cc2)n2nnnc2N3)cc1. The van der Waals surface area contributed by atoms with Crippen LogP contribution in [0.2, 0.25) is 0 Å². The number of hydrogen-bond donors (Lipinski definition) is 1. The number of para-hydroxylation sites is 1. The maximum absolute atomic E-state index is 12.0. The van der Waals surface area contributed by atoms with Crippen molar-refractivity contribution in [2.75, 3.05) is 12.4 Å². The number of hydrogen-bond acceptors (Lipinski definition) is 7. The minimum atomic E-state index is -0.423. The van der Waals surface area contributed by atoms with Crippen LogP contribution in [0.1, 0.15) is 44.8 Å². The molecular weight excluding hydrogens is 430 g/mol. The molecule has 3 aromatic carbocycles. The first-order chi connectivity index (χ1) is 16.6. The van der Waals surface area contributed by atoms with E-state index in [0.29, 0.717) is 11.5 Å². The van der Waals surface area contributed by atoms with E-state index in [1.165, 1.54) is 12.7 Å². The lowest BCUT2D eigenvalue weighted by Gasteiger charge is -2.38. The van der Waals surface area contributed by atoms with Crippen molar-refractivity contribution in [2.24, 2.45) is 0 Å². The normalized spacial score (nSPS) is 18.2. The van der Waals surface area contributed by atoms with Crippen molar-refractivity contribution in [3.05, 3.63) is 106 Å². The summed E-state index contributed by atoms with van der Waals surface area (Å²) in [5.74, 6) is 0.955. The van der Waals surface area contributed by atoms with Gasteiger partial charge in [0.1, 0.15) is 17.9 Å². The van der Waals surface area contributed by atoms with E-state index >= 15 is 0 Å². The van der Waals surface area contributed by atoms with Gasteiger partial charge < -0.3 is 14.8 Å². The summed E-state index contributed by atoms with van der Waals surface area (Å²) in [4.78, 5) is 12.0. The molecule has 6 rings (SSSR count). The molecule has 2 aliphatic rings. The second-order valence-electron chi connectivity index (χ2n) is 8.32. The molecule has 2 unspecified atom stereocenters. The van der Waals surface area contributed by atoms with E-state index in [2.05, 4.69) is 52.0 Å². The number of aromatic nitrogens is 4. The molecule has 34 heavy (non-hydrogen) atoms. The van der Waals surface area contributed by atoms with Gasteiger partial charge in [-0.15, -0.1) is 0 Å². The van der Waals surface area contributed by atoms with Gasteiger partial charge in [-0.3, -0.25) is 0 Å². The van der Waals surface area contributed by atoms with Crippen LogP contribution in [-0.4, -0.2) is 33.3 Å². The van der Waals surface area contributed by atoms with Crippen LogP contribution in [0, 0.1) is 6.92 Å². The van der Waals surface area contributed by atoms with Gasteiger partial charge >= 0.3 is 5.97 Å². The highest BCUT2D eigenvalue weighted by Crippen LogP contribution is 2.50. The van der Waals surface area contributed by atoms with E-state index in [4.69, 9.17) is 9.47 Å². The van der Waals surface area contributed by atoms with Gasteiger partial charge in [-0.2, -0.15) is 4.68 Å². The fourth-order valence-electron chi connectivity index (χ4n) is 4.59. The number of ether oxygens (including phenoxy) is 2. The second kappa shape index (κ2) is 7.84. The van der Waals surface area contributed by atoms with Crippen LogP contribution in [-0.2, 0) is 4.74 Å². The number of fused-ring (bicyclic) bond motifs is 3. The van der Waals surface area contributed by atoms with Crippen LogP contribution < -0.4 is 10.1 Å². The lowest BCUT2D eigenvalue weighted by molar-refractivity contribution is 0.0600. The zero-order chi connectivity index (χ0) is 23.2. The van der Waals surface area contributed by atoms with Crippen LogP contribution in [0.3, 0.4) is 0 Å². The highest BCUT2D eigenvalue weighted by Gasteiger charge is 2.41. The van der Waals surface area contributed by atoms with Crippen LogP contribution in [0.25, 0.3) is 5.70 Å². The molecule has 168 valence electrons. The fraction of sp³-hybridized carbons (Fsp3) is 0.154. The number of benzene rings is 3. The van der Waals surface area contributed by atoms with Crippen LogP contribution in [0.5, 0.6) is 5.75 Å². The maximum Gasteiger partial charge on any atom is 0.337 e. The zero-order valence-corrected chi connectivity index (χ0v) is 18.6. The highest BCUT2D eigenvalue weighted by molar-refractivity contribution is 5.89. The fourth-order valence-corrected chi connectivity index (χ4v) is 4.59. The first-order valence-electron chi connectivity index (χ1n) is 10.9. The Bertz CT molecular complexity index is 1420. The Kier molecular flexibility index (Phi) is 4.65. The molecule has 2 aliphatic heterocycles. The first-order valence-corrected chi connectivity index (χ1v) is 10.9. The third kappa shape index (κ3) is 3.14. The van der Waals surface area contributed by atoms with Gasteiger partial charge in [-0.25, -0.2) is 4.79 Å². The molecular formula is C26H21N5O3. The van der Waals surface area contributed by atoms with Crippen molar-refractivity contribution in [3.8, 4) is 5.75 Å². The van der Waals surface area contributed by atoms with E-state index in [1.54, 1.807) is 16.8 Å². The molecule has 0 radical (unpaired) electrons. The van der Waals surface area contributed by atoms with Crippen molar-refractivity contribution >= 4 is 17.6 Å². The quantitative estimate of drug-likeness (QED) is 0.464. The summed E-state index contributed by atoms with van der Waals surface area (Å²) in [6, 6.07) is 23.3. The number of esters is 1. The third-order valence-electron chi connectivity index (χ3n) is 6.27. The Morgan fingerprint density at radius 1 is 1.00 bits per heavy atom. The van der Waals surface area contributed by atoms with Gasteiger partial charge in [-0.05, 0) is 52.7 Å². The standard InChI is InChI=1S/C26H21N5O3/c1-15-7-9-16(10-8-15)23-21-22(27-26-28-29-30-31(23)26)19-5-3-4-6-20(19)34-24(21)17-11-13-18(14-12-17)25(32)33-2/h3-14,23-24H,1-2H3,(H,27,28,30). The molecule has 8 heteroatoms. The second-order valence-corrected chi connectivity index (χ2v) is 8.32. The molecule has 0 fully saturated rings. The number of nitrogens with one attached hydrogen (secondary N) is 1. The molecule has 4 aromatic rings. The molecule has 0 aliphatic carbocycles. The van der Waals surface area contributed by atoms with Crippen molar-refractivity contribution in [3.63, 3.8) is 0 Å². The number of carbonyl (C=O) groups excluding carboxylic acids is 1. The number of aryl methyl sites for hydroxylation is 1. The summed E-state index contributed by atoms with van der Waals surface area (Å²) in [7, 11) is 1.37. The van der Waals surface area contributed by atoms with E-state index in [9.17, 15) is 4.79 Å². The average Bonchev–Trinajstić information content (AvgIpc) is 3.35. The van der Waals surface area contributed by atoms with E-state index < -0.39 is 6.10 Å². The molecule has 3 heterocycles. The topological polar surface area (TPSA) is 91.2 Å². The van der Waals surface area contributed by atoms with Gasteiger partial charge in [0, 0.05) is 11.1 Å². The van der Waals surface area contributed by atoms with E-state index in [0.717, 1.165) is 33.7 Å². The lowest BCUT2D eigenvalue weighted by Crippen LogP contribution is -2.32. The smallest absolute Gasteiger partial charge is 0.337 e. The molecule has 0 saturated carbocycles. The largest absolute Gasteiger partial charge is 0.480 e. The molecule has 0 saturated heterocycles. The third-order valence-corrected chi connectivity index (χ3v) is 6.27. The molecule has 0 amide bonds. The summed E-state index contributed by atoms with van der Waals surface area (Å²) in [5, 5.41) is 15.9. The summed E-state index contributed by atoms with van der Waals surface area (Å²) >= 11 is 0. The molecule has 0 bridgehead atoms. The molecule has 2 atom stereocenters. The zero-order valence-electron chi connectivity index (χ0n) is 18.6. The minimum Gasteiger partial charge on any atom is -0.480 e. The summed E-state index contributed by atoms with van der Waals surface area (Å²) in [6.07, 6.45) is -0.423. The Balaban J connectivity index is 1.56. The number of methoxy groups -OCH3 is 1. The van der Waals surface area contributed by atoms with Crippen molar-refractivity contribution in [1.82, 2.24) is 20.2 Å². The number of rotatable bonds is 3. The van der Waals surface area contributed by atoms with Crippen molar-refractivity contribution < 1.29 is 14.3 Å². The summed E-state index contributed by atoms with van der Waals surface area (Å²) in [6.45, 7) is 2.06. The van der Waals surface area contributed by atoms with Gasteiger partial charge in [0.05, 0.1) is 18.4 Å². The lowest BCUT2D eigenvalue weighted by atomic mass is 9.84. The van der Waals surface area contributed by atoms with E-state index in [1.807, 2.05) is 36.4 Å². The van der Waals surface area contributed by atoms with Gasteiger partial charge in [0.2, 0.25) is 5.95 Å². The molecule has 1 N–H and O–H groups in total. The first kappa shape index (κ1) is 20.2. The van der Waals surface area contributed by atoms with Crippen molar-refractivity contribution in [2.45, 2.75) is 19.1 Å². The summed E-state index contributed by atoms with van der Waals surface area (Å²) in [5.41, 5.74) is 6.48. The molecule has 8 nitrogen and oxygen atoms in total. The highest BCUT2D eigenvalue weighted by atomic mass is 16.5. The summed E-state index contributed by atoms with van der Waals surface area (Å²) < 4.78 is 13.2. The Hall–Kier alpha value is -4.46. The maximum atomic E-state index is 12.0. The van der Waals surface area contributed by atoms with Gasteiger partial charge in [0.15, 0.2) is 0 Å². The predicted molar refractivity (Wildman–Crippen MR) is 125 cm³/mol. The molecule has 1 aromatic heterocycles. The van der Waals surface area contributed by atoms with Crippen LogP contribution in [0.15, 0.2) is 78.4 Å². The minimum absolute atomic E-state index is 0.277. The van der Waals surface area contributed by atoms with Gasteiger partial charge in [-0.1, -0.05) is 59.2 Å². The number of tetrazole rings is 1. The predicted octanol–water partition coefficient (Wildman–Crippen LogP) is 4.33. The number of carbonyl (C=O) groups is 1. The van der Waals surface area contributed by atoms with Crippen LogP contribution >= 0.6 is 0 Å². The van der Waals surface area contributed by atoms with Gasteiger partial charge in [0.25, 0.3) is 0 Å². The average molecular weight is 451 g/mol. The van der Waals surface area contributed by atoms with E-state index in [-0.39, 0.29) is 12.0 Å². The molecule has 0 spiro atoms. The monoisotopic (exact) mass is 451 g/mol. The Morgan fingerprint density at radius 3 is 2.50 bits per heavy atom. The Morgan fingerprint density at radius 2 is 1.74 bits per heavy atom.